The standard InChI is InChI=1S/C29H32FN5O/c1-19(2)35-15-12-23(13-16-35)34(4)29(36)26-17-22(7-9-27(26)30)25-11-14-32-20(3)24(25)8-5-21-6-10-28(31)33-18-21/h6-7,9-11,14,17-19,23H,12-13,15-16H2,1-4H3,(H2,31,33). The summed E-state index contributed by atoms with van der Waals surface area (Å²) in [6.45, 7) is 8.11. The zero-order valence-electron chi connectivity index (χ0n) is 21.3. The fourth-order valence-corrected chi connectivity index (χ4v) is 4.58. The first-order chi connectivity index (χ1) is 17.2. The molecule has 1 fully saturated rings. The average molecular weight is 486 g/mol. The summed E-state index contributed by atoms with van der Waals surface area (Å²) in [6.07, 6.45) is 5.07. The number of piperidine rings is 1. The van der Waals surface area contributed by atoms with Crippen LogP contribution in [0.25, 0.3) is 11.1 Å². The van der Waals surface area contributed by atoms with Crippen LogP contribution < -0.4 is 5.73 Å². The number of benzene rings is 1. The van der Waals surface area contributed by atoms with E-state index in [0.717, 1.165) is 42.8 Å². The molecule has 1 aliphatic rings. The molecule has 4 rings (SSSR count). The van der Waals surface area contributed by atoms with E-state index in [1.54, 1.807) is 48.6 Å². The molecule has 0 bridgehead atoms. The fourth-order valence-electron chi connectivity index (χ4n) is 4.58. The molecule has 0 atom stereocenters. The highest BCUT2D eigenvalue weighted by atomic mass is 19.1. The van der Waals surface area contributed by atoms with Gasteiger partial charge in [0.25, 0.3) is 5.91 Å². The van der Waals surface area contributed by atoms with Crippen LogP contribution in [-0.2, 0) is 0 Å². The molecule has 7 heteroatoms. The first-order valence-corrected chi connectivity index (χ1v) is 12.2. The summed E-state index contributed by atoms with van der Waals surface area (Å²) in [4.78, 5) is 25.9. The SMILES string of the molecule is Cc1nccc(-c2ccc(F)c(C(=O)N(C)C3CCN(C(C)C)CC3)c2)c1C#Cc1ccc(N)nc1. The molecule has 2 N–H and O–H groups in total. The summed E-state index contributed by atoms with van der Waals surface area (Å²) in [7, 11) is 1.78. The molecule has 0 unspecified atom stereocenters. The van der Waals surface area contributed by atoms with Crippen molar-refractivity contribution in [2.45, 2.75) is 45.7 Å². The minimum absolute atomic E-state index is 0.0670. The molecule has 3 heterocycles. The number of carbonyl (C=O) groups excluding carboxylic acids is 1. The Hall–Kier alpha value is -3.76. The van der Waals surface area contributed by atoms with Crippen LogP contribution in [0.4, 0.5) is 10.2 Å². The molecular weight excluding hydrogens is 453 g/mol. The Labute approximate surface area is 212 Å². The molecule has 1 aliphatic heterocycles. The van der Waals surface area contributed by atoms with E-state index in [1.807, 2.05) is 13.0 Å². The first-order valence-electron chi connectivity index (χ1n) is 12.2. The van der Waals surface area contributed by atoms with Crippen LogP contribution in [0.5, 0.6) is 0 Å². The Bertz CT molecular complexity index is 1300. The predicted molar refractivity (Wildman–Crippen MR) is 141 cm³/mol. The van der Waals surface area contributed by atoms with Crippen LogP contribution in [0.2, 0.25) is 0 Å². The number of nitrogens with two attached hydrogens (primary N) is 1. The fraction of sp³-hybridized carbons (Fsp3) is 0.345. The lowest BCUT2D eigenvalue weighted by atomic mass is 9.96. The molecule has 0 radical (unpaired) electrons. The second kappa shape index (κ2) is 10.9. The summed E-state index contributed by atoms with van der Waals surface area (Å²) in [5.74, 6) is 5.88. The van der Waals surface area contributed by atoms with E-state index in [1.165, 1.54) is 6.07 Å². The number of likely N-dealkylation sites (tertiary alicyclic amines) is 1. The van der Waals surface area contributed by atoms with Gasteiger partial charge in [0.2, 0.25) is 0 Å². The molecule has 0 spiro atoms. The number of pyridine rings is 2. The van der Waals surface area contributed by atoms with Crippen LogP contribution in [0.1, 0.15) is 53.9 Å². The maximum Gasteiger partial charge on any atom is 0.256 e. The van der Waals surface area contributed by atoms with Gasteiger partial charge in [-0.05, 0) is 69.5 Å². The van der Waals surface area contributed by atoms with Crippen molar-refractivity contribution < 1.29 is 9.18 Å². The van der Waals surface area contributed by atoms with Crippen LogP contribution in [0.15, 0.2) is 48.8 Å². The summed E-state index contributed by atoms with van der Waals surface area (Å²) < 4.78 is 14.9. The Kier molecular flexibility index (Phi) is 7.66. The number of rotatable bonds is 4. The zero-order chi connectivity index (χ0) is 25.8. The van der Waals surface area contributed by atoms with Crippen molar-refractivity contribution in [1.82, 2.24) is 19.8 Å². The van der Waals surface area contributed by atoms with Crippen molar-refractivity contribution in [3.8, 4) is 23.0 Å². The van der Waals surface area contributed by atoms with E-state index in [-0.39, 0.29) is 17.5 Å². The van der Waals surface area contributed by atoms with Crippen LogP contribution in [0, 0.1) is 24.6 Å². The number of amides is 1. The summed E-state index contributed by atoms with van der Waals surface area (Å²) in [5.41, 5.74) is 9.42. The van der Waals surface area contributed by atoms with Crippen molar-refractivity contribution in [3.63, 3.8) is 0 Å². The molecule has 36 heavy (non-hydrogen) atoms. The molecule has 2 aromatic heterocycles. The number of aromatic nitrogens is 2. The number of halogens is 1. The lowest BCUT2D eigenvalue weighted by molar-refractivity contribution is 0.0611. The van der Waals surface area contributed by atoms with Crippen LogP contribution in [-0.4, -0.2) is 57.9 Å². The van der Waals surface area contributed by atoms with Gasteiger partial charge in [-0.15, -0.1) is 0 Å². The third-order valence-corrected chi connectivity index (χ3v) is 6.86. The minimum atomic E-state index is -0.526. The second-order valence-electron chi connectivity index (χ2n) is 9.51. The molecule has 0 saturated carbocycles. The molecular formula is C29H32FN5O. The normalized spacial score (nSPS) is 14.4. The van der Waals surface area contributed by atoms with Crippen molar-refractivity contribution in [2.75, 3.05) is 25.9 Å². The largest absolute Gasteiger partial charge is 0.384 e. The number of hydrogen-bond acceptors (Lipinski definition) is 5. The molecule has 0 aliphatic carbocycles. The highest BCUT2D eigenvalue weighted by molar-refractivity contribution is 5.96. The Morgan fingerprint density at radius 3 is 2.56 bits per heavy atom. The highest BCUT2D eigenvalue weighted by Gasteiger charge is 2.28. The summed E-state index contributed by atoms with van der Waals surface area (Å²) >= 11 is 0. The van der Waals surface area contributed by atoms with E-state index < -0.39 is 5.82 Å². The lowest BCUT2D eigenvalue weighted by Crippen LogP contribution is -2.47. The van der Waals surface area contributed by atoms with Gasteiger partial charge in [-0.25, -0.2) is 9.37 Å². The van der Waals surface area contributed by atoms with E-state index in [2.05, 4.69) is 40.6 Å². The van der Waals surface area contributed by atoms with Gasteiger partial charge in [-0.2, -0.15) is 0 Å². The topological polar surface area (TPSA) is 75.4 Å². The van der Waals surface area contributed by atoms with Gasteiger partial charge in [0.05, 0.1) is 16.8 Å². The van der Waals surface area contributed by atoms with Gasteiger partial charge in [0.15, 0.2) is 0 Å². The Balaban J connectivity index is 1.62. The number of nitrogen functional groups attached to an aromatic ring is 1. The summed E-state index contributed by atoms with van der Waals surface area (Å²) in [6, 6.07) is 10.6. The molecule has 6 nitrogen and oxygen atoms in total. The molecule has 1 amide bonds. The van der Waals surface area contributed by atoms with E-state index in [0.29, 0.717) is 23.0 Å². The Morgan fingerprint density at radius 1 is 1.14 bits per heavy atom. The third kappa shape index (κ3) is 5.55. The predicted octanol–water partition coefficient (Wildman–Crippen LogP) is 4.52. The first kappa shape index (κ1) is 25.3. The van der Waals surface area contributed by atoms with Crippen LogP contribution >= 0.6 is 0 Å². The molecule has 186 valence electrons. The van der Waals surface area contributed by atoms with Gasteiger partial charge >= 0.3 is 0 Å². The smallest absolute Gasteiger partial charge is 0.256 e. The zero-order valence-corrected chi connectivity index (χ0v) is 21.3. The monoisotopic (exact) mass is 485 g/mol. The van der Waals surface area contributed by atoms with E-state index >= 15 is 0 Å². The summed E-state index contributed by atoms with van der Waals surface area (Å²) in [5, 5.41) is 0. The van der Waals surface area contributed by atoms with Gasteiger partial charge < -0.3 is 15.5 Å². The quantitative estimate of drug-likeness (QED) is 0.550. The third-order valence-electron chi connectivity index (χ3n) is 6.86. The van der Waals surface area contributed by atoms with Gasteiger partial charge in [-0.1, -0.05) is 17.9 Å². The number of hydrogen-bond donors (Lipinski definition) is 1. The van der Waals surface area contributed by atoms with E-state index in [9.17, 15) is 9.18 Å². The lowest BCUT2D eigenvalue weighted by Gasteiger charge is -2.38. The average Bonchev–Trinajstić information content (AvgIpc) is 2.88. The molecule has 3 aromatic rings. The van der Waals surface area contributed by atoms with Crippen molar-refractivity contribution in [1.29, 1.82) is 0 Å². The molecule has 1 saturated heterocycles. The molecule has 1 aromatic carbocycles. The Morgan fingerprint density at radius 2 is 1.89 bits per heavy atom. The highest BCUT2D eigenvalue weighted by Crippen LogP contribution is 2.28. The van der Waals surface area contributed by atoms with Gasteiger partial charge in [-0.3, -0.25) is 9.78 Å². The van der Waals surface area contributed by atoms with Gasteiger partial charge in [0, 0.05) is 55.7 Å². The van der Waals surface area contributed by atoms with Gasteiger partial charge in [0.1, 0.15) is 11.6 Å². The van der Waals surface area contributed by atoms with Crippen molar-refractivity contribution >= 4 is 11.7 Å². The van der Waals surface area contributed by atoms with E-state index in [4.69, 9.17) is 5.73 Å². The number of aryl methyl sites for hydroxylation is 1. The van der Waals surface area contributed by atoms with Crippen LogP contribution in [0.3, 0.4) is 0 Å². The number of anilines is 1. The number of nitrogens with zero attached hydrogens (tertiary/aromatic N) is 4. The second-order valence-corrected chi connectivity index (χ2v) is 9.51. The maximum absolute atomic E-state index is 14.9. The number of carbonyl (C=O) groups is 1. The van der Waals surface area contributed by atoms with Crippen molar-refractivity contribution in [2.24, 2.45) is 0 Å². The maximum atomic E-state index is 14.9. The van der Waals surface area contributed by atoms with Crippen molar-refractivity contribution in [3.05, 3.63) is 77.0 Å². The minimum Gasteiger partial charge on any atom is -0.384 e.